The van der Waals surface area contributed by atoms with E-state index in [1.165, 1.54) is 10.9 Å². The zero-order valence-corrected chi connectivity index (χ0v) is 9.10. The van der Waals surface area contributed by atoms with E-state index in [1.54, 1.807) is 14.0 Å². The number of aryl methyl sites for hydroxylation is 1. The monoisotopic (exact) mass is 223 g/mol. The topological polar surface area (TPSA) is 98.7 Å². The molecular formula is C9H13N5O2. The zero-order valence-electron chi connectivity index (χ0n) is 9.10. The fourth-order valence-corrected chi connectivity index (χ4v) is 1.64. The van der Waals surface area contributed by atoms with Crippen LogP contribution in [-0.2, 0) is 13.6 Å². The van der Waals surface area contributed by atoms with Gasteiger partial charge in [0.25, 0.3) is 5.56 Å². The number of fused-ring (bicyclic) bond motifs is 1. The number of H-pyrrole nitrogens is 1. The highest BCUT2D eigenvalue weighted by Gasteiger charge is 2.13. The molecule has 0 aliphatic rings. The van der Waals surface area contributed by atoms with E-state index in [9.17, 15) is 9.59 Å². The lowest BCUT2D eigenvalue weighted by atomic mass is 10.3. The van der Waals surface area contributed by atoms with E-state index in [0.29, 0.717) is 11.2 Å². The van der Waals surface area contributed by atoms with Crippen molar-refractivity contribution in [1.29, 1.82) is 0 Å². The summed E-state index contributed by atoms with van der Waals surface area (Å²) in [4.78, 5) is 30.4. The molecule has 0 fully saturated rings. The Balaban J connectivity index is 2.83. The Morgan fingerprint density at radius 1 is 1.56 bits per heavy atom. The number of nitrogens with two attached hydrogens (primary N) is 1. The Labute approximate surface area is 90.5 Å². The van der Waals surface area contributed by atoms with Crippen LogP contribution in [0.2, 0.25) is 0 Å². The van der Waals surface area contributed by atoms with Crippen molar-refractivity contribution < 1.29 is 0 Å². The maximum absolute atomic E-state index is 11.9. The fourth-order valence-electron chi connectivity index (χ4n) is 1.64. The number of aromatic nitrogens is 4. The third-order valence-corrected chi connectivity index (χ3v) is 2.38. The van der Waals surface area contributed by atoms with E-state index in [0.717, 1.165) is 4.57 Å². The first-order chi connectivity index (χ1) is 7.52. The van der Waals surface area contributed by atoms with Crippen LogP contribution in [0.4, 0.5) is 0 Å². The third kappa shape index (κ3) is 1.45. The summed E-state index contributed by atoms with van der Waals surface area (Å²) >= 11 is 0. The fraction of sp³-hybridized carbons (Fsp3) is 0.444. The first-order valence-corrected chi connectivity index (χ1v) is 4.91. The molecule has 1 atom stereocenters. The summed E-state index contributed by atoms with van der Waals surface area (Å²) in [5.74, 6) is 0. The molecule has 0 aromatic carbocycles. The Hall–Kier alpha value is -1.89. The van der Waals surface area contributed by atoms with Crippen molar-refractivity contribution in [1.82, 2.24) is 19.1 Å². The quantitative estimate of drug-likeness (QED) is 0.666. The molecule has 2 rings (SSSR count). The van der Waals surface area contributed by atoms with E-state index in [2.05, 4.69) is 9.97 Å². The standard InChI is InChI=1S/C9H13N5O2/c1-5(10)3-14-8(15)6-7(12-4-11-6)13(2)9(14)16/h4-5H,3,10H2,1-2H3,(H,11,12). The van der Waals surface area contributed by atoms with Crippen LogP contribution >= 0.6 is 0 Å². The summed E-state index contributed by atoms with van der Waals surface area (Å²) in [6, 6.07) is -0.259. The SMILES string of the molecule is CC(N)Cn1c(=O)c2[nH]cnc2n(C)c1=O. The Morgan fingerprint density at radius 3 is 2.88 bits per heavy atom. The Bertz CT molecular complexity index is 633. The lowest BCUT2D eigenvalue weighted by Crippen LogP contribution is -2.42. The first-order valence-electron chi connectivity index (χ1n) is 4.91. The van der Waals surface area contributed by atoms with Gasteiger partial charge in [0.1, 0.15) is 5.52 Å². The van der Waals surface area contributed by atoms with Crippen LogP contribution in [0.1, 0.15) is 6.92 Å². The van der Waals surface area contributed by atoms with Crippen molar-refractivity contribution in [3.63, 3.8) is 0 Å². The lowest BCUT2D eigenvalue weighted by molar-refractivity contribution is 0.537. The van der Waals surface area contributed by atoms with Crippen molar-refractivity contribution in [2.75, 3.05) is 0 Å². The van der Waals surface area contributed by atoms with E-state index in [-0.39, 0.29) is 18.1 Å². The lowest BCUT2D eigenvalue weighted by Gasteiger charge is -2.09. The normalized spacial score (nSPS) is 13.2. The van der Waals surface area contributed by atoms with Gasteiger partial charge in [-0.15, -0.1) is 0 Å². The Kier molecular flexibility index (Phi) is 2.39. The average molecular weight is 223 g/mol. The molecule has 0 spiro atoms. The maximum Gasteiger partial charge on any atom is 0.332 e. The maximum atomic E-state index is 11.9. The first kappa shape index (κ1) is 10.6. The van der Waals surface area contributed by atoms with Crippen molar-refractivity contribution in [2.45, 2.75) is 19.5 Å². The van der Waals surface area contributed by atoms with Crippen molar-refractivity contribution in [3.05, 3.63) is 27.2 Å². The van der Waals surface area contributed by atoms with Crippen LogP contribution in [0, 0.1) is 0 Å². The summed E-state index contributed by atoms with van der Waals surface area (Å²) in [6.45, 7) is 1.93. The molecule has 0 radical (unpaired) electrons. The van der Waals surface area contributed by atoms with Gasteiger partial charge >= 0.3 is 5.69 Å². The van der Waals surface area contributed by atoms with Crippen LogP contribution in [0.25, 0.3) is 11.2 Å². The second-order valence-corrected chi connectivity index (χ2v) is 3.84. The number of hydrogen-bond acceptors (Lipinski definition) is 4. The van der Waals surface area contributed by atoms with Crippen LogP contribution < -0.4 is 17.0 Å². The van der Waals surface area contributed by atoms with Crippen LogP contribution in [0.15, 0.2) is 15.9 Å². The van der Waals surface area contributed by atoms with Gasteiger partial charge < -0.3 is 10.7 Å². The number of imidazole rings is 1. The molecule has 0 aliphatic heterocycles. The number of nitrogens with one attached hydrogen (secondary N) is 1. The highest BCUT2D eigenvalue weighted by Crippen LogP contribution is 1.98. The number of aromatic amines is 1. The minimum absolute atomic E-state index is 0.195. The molecule has 0 saturated heterocycles. The molecule has 3 N–H and O–H groups in total. The summed E-state index contributed by atoms with van der Waals surface area (Å²) in [7, 11) is 1.57. The van der Waals surface area contributed by atoms with E-state index in [4.69, 9.17) is 5.73 Å². The number of nitrogens with zero attached hydrogens (tertiary/aromatic N) is 3. The molecule has 86 valence electrons. The predicted octanol–water partition coefficient (Wildman–Crippen LogP) is -1.23. The van der Waals surface area contributed by atoms with E-state index < -0.39 is 5.69 Å². The van der Waals surface area contributed by atoms with Gasteiger partial charge in [-0.2, -0.15) is 0 Å². The van der Waals surface area contributed by atoms with Crippen LogP contribution in [0.3, 0.4) is 0 Å². The van der Waals surface area contributed by atoms with Crippen LogP contribution in [-0.4, -0.2) is 25.1 Å². The zero-order chi connectivity index (χ0) is 11.9. The van der Waals surface area contributed by atoms with E-state index in [1.807, 2.05) is 0 Å². The molecule has 0 bridgehead atoms. The highest BCUT2D eigenvalue weighted by molar-refractivity contribution is 5.68. The smallest absolute Gasteiger partial charge is 0.332 e. The van der Waals surface area contributed by atoms with Gasteiger partial charge in [-0.1, -0.05) is 0 Å². The molecule has 16 heavy (non-hydrogen) atoms. The molecule has 2 aromatic heterocycles. The van der Waals surface area contributed by atoms with Gasteiger partial charge in [0.15, 0.2) is 5.65 Å². The molecule has 0 aliphatic carbocycles. The number of rotatable bonds is 2. The van der Waals surface area contributed by atoms with Crippen molar-refractivity contribution >= 4 is 11.2 Å². The molecular weight excluding hydrogens is 210 g/mol. The highest BCUT2D eigenvalue weighted by atomic mass is 16.2. The molecule has 1 unspecified atom stereocenters. The van der Waals surface area contributed by atoms with Crippen molar-refractivity contribution in [2.24, 2.45) is 12.8 Å². The van der Waals surface area contributed by atoms with Gasteiger partial charge in [0.2, 0.25) is 0 Å². The van der Waals surface area contributed by atoms with Gasteiger partial charge in [0.05, 0.1) is 6.33 Å². The molecule has 7 nitrogen and oxygen atoms in total. The van der Waals surface area contributed by atoms with Gasteiger partial charge in [-0.25, -0.2) is 9.78 Å². The summed E-state index contributed by atoms with van der Waals surface area (Å²) in [5.41, 5.74) is 5.49. The predicted molar refractivity (Wildman–Crippen MR) is 59.2 cm³/mol. The van der Waals surface area contributed by atoms with Gasteiger partial charge in [-0.05, 0) is 6.92 Å². The van der Waals surface area contributed by atoms with Crippen molar-refractivity contribution in [3.8, 4) is 0 Å². The van der Waals surface area contributed by atoms with Gasteiger partial charge in [0, 0.05) is 19.6 Å². The molecule has 2 aromatic rings. The summed E-state index contributed by atoms with van der Waals surface area (Å²) in [6.07, 6.45) is 1.39. The second kappa shape index (κ2) is 3.60. The minimum Gasteiger partial charge on any atom is -0.339 e. The second-order valence-electron chi connectivity index (χ2n) is 3.84. The molecule has 2 heterocycles. The van der Waals surface area contributed by atoms with E-state index >= 15 is 0 Å². The number of hydrogen-bond donors (Lipinski definition) is 2. The third-order valence-electron chi connectivity index (χ3n) is 2.38. The largest absolute Gasteiger partial charge is 0.339 e. The summed E-state index contributed by atoms with van der Waals surface area (Å²) < 4.78 is 2.45. The molecule has 0 saturated carbocycles. The molecule has 7 heteroatoms. The molecule has 0 amide bonds. The van der Waals surface area contributed by atoms with Crippen LogP contribution in [0.5, 0.6) is 0 Å². The van der Waals surface area contributed by atoms with Gasteiger partial charge in [-0.3, -0.25) is 13.9 Å². The average Bonchev–Trinajstić information content (AvgIpc) is 2.70. The summed E-state index contributed by atoms with van der Waals surface area (Å²) in [5, 5.41) is 0. The Morgan fingerprint density at radius 2 is 2.25 bits per heavy atom. The minimum atomic E-state index is -0.401.